The van der Waals surface area contributed by atoms with E-state index in [4.69, 9.17) is 19.4 Å². The van der Waals surface area contributed by atoms with Crippen LogP contribution in [0.5, 0.6) is 0 Å². The molecule has 0 radical (unpaired) electrons. The molecule has 4 aromatic heterocycles. The highest BCUT2D eigenvalue weighted by molar-refractivity contribution is 5.88. The second kappa shape index (κ2) is 16.2. The van der Waals surface area contributed by atoms with E-state index in [1.165, 1.54) is 18.4 Å². The van der Waals surface area contributed by atoms with Crippen molar-refractivity contribution in [2.24, 2.45) is 23.7 Å². The molecule has 8 rings (SSSR count). The van der Waals surface area contributed by atoms with Crippen LogP contribution in [0.25, 0.3) is 6.08 Å². The number of piperidine rings is 2. The first-order valence-electron chi connectivity index (χ1n) is 19.8. The maximum absolute atomic E-state index is 12.1. The van der Waals surface area contributed by atoms with Gasteiger partial charge in [-0.3, -0.25) is 9.36 Å². The SMILES string of the molecule is C=Cc1nc(N2CC3CC3C2)ccc1Cc1cc(C(=O)OCC)n(CC)n1.CCOC(=O)c1cc(Cc2ccc(N3CC4CC4C3)nc2CC)nn1CC. The fraction of sp³-hybridized carbons (Fsp3) is 0.524. The Morgan fingerprint density at radius 2 is 1.17 bits per heavy atom. The number of hydrogen-bond acceptors (Lipinski definition) is 10. The number of fused-ring (bicyclic) bond motifs is 2. The van der Waals surface area contributed by atoms with Crippen molar-refractivity contribution in [3.63, 3.8) is 0 Å². The smallest absolute Gasteiger partial charge is 0.356 e. The zero-order chi connectivity index (χ0) is 37.9. The number of rotatable bonds is 14. The van der Waals surface area contributed by atoms with Gasteiger partial charge in [-0.25, -0.2) is 19.6 Å². The number of esters is 2. The number of aryl methyl sites for hydroxylation is 3. The molecule has 2 aliphatic heterocycles. The van der Waals surface area contributed by atoms with Crippen LogP contribution >= 0.6 is 0 Å². The molecule has 2 aliphatic carbocycles. The van der Waals surface area contributed by atoms with Crippen LogP contribution in [0.3, 0.4) is 0 Å². The first-order chi connectivity index (χ1) is 26.2. The molecule has 12 heteroatoms. The van der Waals surface area contributed by atoms with Crippen LogP contribution in [-0.4, -0.2) is 80.9 Å². The third-order valence-electron chi connectivity index (χ3n) is 11.2. The Kier molecular flexibility index (Phi) is 11.2. The highest BCUT2D eigenvalue weighted by atomic mass is 16.5. The van der Waals surface area contributed by atoms with Crippen LogP contribution in [0.15, 0.2) is 43.0 Å². The van der Waals surface area contributed by atoms with Crippen LogP contribution in [0.1, 0.15) is 102 Å². The summed E-state index contributed by atoms with van der Waals surface area (Å²) in [6.45, 7) is 20.2. The van der Waals surface area contributed by atoms with Crippen LogP contribution in [-0.2, 0) is 41.8 Å². The maximum atomic E-state index is 12.1. The fourth-order valence-electron chi connectivity index (χ4n) is 8.05. The van der Waals surface area contributed by atoms with Gasteiger partial charge in [-0.2, -0.15) is 10.2 Å². The van der Waals surface area contributed by atoms with E-state index >= 15 is 0 Å². The van der Waals surface area contributed by atoms with Crippen LogP contribution in [0, 0.1) is 23.7 Å². The number of pyridine rings is 2. The molecule has 0 bridgehead atoms. The van der Waals surface area contributed by atoms with Gasteiger partial charge in [0.1, 0.15) is 23.0 Å². The molecule has 12 nitrogen and oxygen atoms in total. The number of ether oxygens (including phenoxy) is 2. The van der Waals surface area contributed by atoms with Crippen LogP contribution in [0.2, 0.25) is 0 Å². The minimum atomic E-state index is -0.330. The summed E-state index contributed by atoms with van der Waals surface area (Å²) in [5.74, 6) is 5.04. The monoisotopic (exact) mass is 734 g/mol. The Hall–Kier alpha value is -5.00. The molecule has 6 heterocycles. The van der Waals surface area contributed by atoms with E-state index in [0.29, 0.717) is 50.5 Å². The van der Waals surface area contributed by atoms with Gasteiger partial charge in [0, 0.05) is 57.8 Å². The maximum Gasteiger partial charge on any atom is 0.356 e. The van der Waals surface area contributed by atoms with E-state index in [1.54, 1.807) is 22.4 Å². The van der Waals surface area contributed by atoms with Gasteiger partial charge in [0.2, 0.25) is 0 Å². The van der Waals surface area contributed by atoms with Crippen molar-refractivity contribution in [1.82, 2.24) is 29.5 Å². The number of carbonyl (C=O) groups is 2. The summed E-state index contributed by atoms with van der Waals surface area (Å²) in [6.07, 6.45) is 6.77. The van der Waals surface area contributed by atoms with Gasteiger partial charge in [-0.05, 0) is 112 Å². The number of anilines is 2. The third kappa shape index (κ3) is 8.07. The second-order valence-electron chi connectivity index (χ2n) is 14.8. The summed E-state index contributed by atoms with van der Waals surface area (Å²) in [6, 6.07) is 12.2. The van der Waals surface area contributed by atoms with E-state index in [0.717, 1.165) is 96.2 Å². The lowest BCUT2D eigenvalue weighted by Crippen LogP contribution is -2.23. The van der Waals surface area contributed by atoms with Gasteiger partial charge >= 0.3 is 11.9 Å². The molecule has 0 aromatic carbocycles. The lowest BCUT2D eigenvalue weighted by atomic mass is 10.1. The molecule has 4 aromatic rings. The minimum absolute atomic E-state index is 0.310. The van der Waals surface area contributed by atoms with Gasteiger partial charge in [0.05, 0.1) is 30.3 Å². The zero-order valence-corrected chi connectivity index (χ0v) is 32.5. The first-order valence-corrected chi connectivity index (χ1v) is 19.8. The lowest BCUT2D eigenvalue weighted by Gasteiger charge is -2.20. The average Bonchev–Trinajstić information content (AvgIpc) is 3.77. The molecule has 0 spiro atoms. The van der Waals surface area contributed by atoms with Crippen molar-refractivity contribution < 1.29 is 19.1 Å². The van der Waals surface area contributed by atoms with Crippen LogP contribution in [0.4, 0.5) is 11.6 Å². The Labute approximate surface area is 318 Å². The molecule has 4 atom stereocenters. The van der Waals surface area contributed by atoms with E-state index in [9.17, 15) is 9.59 Å². The first kappa shape index (κ1) is 37.3. The Balaban J connectivity index is 0.000000167. The summed E-state index contributed by atoms with van der Waals surface area (Å²) < 4.78 is 13.7. The molecule has 4 aliphatic rings. The highest BCUT2D eigenvalue weighted by Gasteiger charge is 2.46. The van der Waals surface area contributed by atoms with E-state index in [1.807, 2.05) is 32.9 Å². The quantitative estimate of drug-likeness (QED) is 0.138. The van der Waals surface area contributed by atoms with Gasteiger partial charge < -0.3 is 19.3 Å². The lowest BCUT2D eigenvalue weighted by molar-refractivity contribution is 0.0502. The third-order valence-corrected chi connectivity index (χ3v) is 11.2. The molecule has 0 N–H and O–H groups in total. The van der Waals surface area contributed by atoms with E-state index in [-0.39, 0.29) is 11.9 Å². The van der Waals surface area contributed by atoms with Crippen molar-refractivity contribution in [3.05, 3.63) is 88.3 Å². The minimum Gasteiger partial charge on any atom is -0.461 e. The molecular weight excluding hydrogens is 681 g/mol. The van der Waals surface area contributed by atoms with Gasteiger partial charge in [-0.15, -0.1) is 0 Å². The molecule has 4 fully saturated rings. The fourth-order valence-corrected chi connectivity index (χ4v) is 8.05. The van der Waals surface area contributed by atoms with Gasteiger partial charge in [0.25, 0.3) is 0 Å². The molecular formula is C42H54N8O4. The summed E-state index contributed by atoms with van der Waals surface area (Å²) in [7, 11) is 0. The van der Waals surface area contributed by atoms with Crippen molar-refractivity contribution in [2.75, 3.05) is 49.2 Å². The predicted octanol–water partition coefficient (Wildman–Crippen LogP) is 6.25. The molecule has 2 saturated carbocycles. The van der Waals surface area contributed by atoms with Gasteiger partial charge in [0.15, 0.2) is 0 Å². The van der Waals surface area contributed by atoms with Crippen molar-refractivity contribution in [3.8, 4) is 0 Å². The molecule has 54 heavy (non-hydrogen) atoms. The summed E-state index contributed by atoms with van der Waals surface area (Å²) in [4.78, 5) is 38.8. The topological polar surface area (TPSA) is 120 Å². The summed E-state index contributed by atoms with van der Waals surface area (Å²) >= 11 is 0. The normalized spacial score (nSPS) is 20.5. The molecule has 286 valence electrons. The Bertz CT molecular complexity index is 1980. The van der Waals surface area contributed by atoms with Crippen LogP contribution < -0.4 is 9.80 Å². The van der Waals surface area contributed by atoms with Crippen molar-refractivity contribution >= 4 is 29.7 Å². The van der Waals surface area contributed by atoms with Crippen molar-refractivity contribution in [1.29, 1.82) is 0 Å². The van der Waals surface area contributed by atoms with E-state index in [2.05, 4.69) is 57.8 Å². The zero-order valence-electron chi connectivity index (χ0n) is 32.5. The average molecular weight is 735 g/mol. The Morgan fingerprint density at radius 1 is 0.704 bits per heavy atom. The summed E-state index contributed by atoms with van der Waals surface area (Å²) in [5, 5.41) is 9.16. The largest absolute Gasteiger partial charge is 0.461 e. The summed E-state index contributed by atoms with van der Waals surface area (Å²) in [5.41, 5.74) is 6.99. The molecule has 2 saturated heterocycles. The number of hydrogen-bond donors (Lipinski definition) is 0. The number of carbonyl (C=O) groups excluding carboxylic acids is 2. The number of nitrogens with zero attached hydrogens (tertiary/aromatic N) is 8. The van der Waals surface area contributed by atoms with Gasteiger partial charge in [-0.1, -0.05) is 25.6 Å². The molecule has 0 amide bonds. The van der Waals surface area contributed by atoms with E-state index < -0.39 is 0 Å². The highest BCUT2D eigenvalue weighted by Crippen LogP contribution is 2.47. The predicted molar refractivity (Wildman–Crippen MR) is 209 cm³/mol. The molecule has 4 unspecified atom stereocenters. The standard InChI is InChI=1S/C21H28N4O2.C21H26N4O2/c2*1-4-18-14(7-8-20(22-18)24-12-15-9-16(15)13-24)10-17-11-19(21(26)27-6-3)25(5-2)23-17/h7-8,11,15-16H,4-6,9-10,12-13H2,1-3H3;4,7-8,11,15-16H,1,5-6,9-10,12-13H2,2-3H3. The van der Waals surface area contributed by atoms with Crippen molar-refractivity contribution in [2.45, 2.75) is 79.8 Å². The number of aromatic nitrogens is 6. The Morgan fingerprint density at radius 3 is 1.61 bits per heavy atom. The second-order valence-corrected chi connectivity index (χ2v) is 14.8.